The van der Waals surface area contributed by atoms with Crippen molar-refractivity contribution in [2.45, 2.75) is 6.92 Å². The van der Waals surface area contributed by atoms with Crippen molar-refractivity contribution in [1.82, 2.24) is 0 Å². The van der Waals surface area contributed by atoms with Gasteiger partial charge in [0.2, 0.25) is 5.78 Å². The van der Waals surface area contributed by atoms with Crippen molar-refractivity contribution in [3.8, 4) is 17.2 Å². The van der Waals surface area contributed by atoms with E-state index in [1.54, 1.807) is 19.1 Å². The Morgan fingerprint density at radius 2 is 1.70 bits per heavy atom. The number of ketones is 1. The van der Waals surface area contributed by atoms with Crippen LogP contribution < -0.4 is 9.47 Å². The molecular weight excluding hydrogens is 300 g/mol. The molecule has 0 atom stereocenters. The van der Waals surface area contributed by atoms with Crippen LogP contribution in [0.15, 0.2) is 30.3 Å². The predicted molar refractivity (Wildman–Crippen MR) is 82.8 cm³/mol. The molecule has 0 spiro atoms. The maximum Gasteiger partial charge on any atom is 0.336 e. The molecule has 0 saturated carbocycles. The highest BCUT2D eigenvalue weighted by Crippen LogP contribution is 2.36. The first-order valence-electron chi connectivity index (χ1n) is 6.73. The molecule has 0 saturated heterocycles. The van der Waals surface area contributed by atoms with Crippen molar-refractivity contribution in [2.75, 3.05) is 14.2 Å². The molecule has 0 radical (unpaired) electrons. The highest BCUT2D eigenvalue weighted by Gasteiger charge is 2.27. The SMILES string of the molecule is COc1ccc(C(=O)O)c(C(=O)c2cccc(C)c2O)c1OC. The minimum absolute atomic E-state index is 0.000877. The number of ether oxygens (including phenoxy) is 2. The van der Waals surface area contributed by atoms with Crippen LogP contribution in [0.3, 0.4) is 0 Å². The molecule has 6 nitrogen and oxygen atoms in total. The van der Waals surface area contributed by atoms with E-state index in [0.29, 0.717) is 5.56 Å². The van der Waals surface area contributed by atoms with E-state index < -0.39 is 11.8 Å². The highest BCUT2D eigenvalue weighted by atomic mass is 16.5. The summed E-state index contributed by atoms with van der Waals surface area (Å²) in [6.07, 6.45) is 0. The number of methoxy groups -OCH3 is 2. The molecular formula is C17H16O6. The third-order valence-corrected chi connectivity index (χ3v) is 3.49. The van der Waals surface area contributed by atoms with Gasteiger partial charge >= 0.3 is 5.97 Å². The number of para-hydroxylation sites is 1. The molecule has 6 heteroatoms. The van der Waals surface area contributed by atoms with Gasteiger partial charge in [-0.2, -0.15) is 0 Å². The Bertz CT molecular complexity index is 779. The lowest BCUT2D eigenvalue weighted by molar-refractivity contribution is 0.0692. The summed E-state index contributed by atoms with van der Waals surface area (Å²) in [6.45, 7) is 1.65. The third-order valence-electron chi connectivity index (χ3n) is 3.49. The summed E-state index contributed by atoms with van der Waals surface area (Å²) in [5, 5.41) is 19.5. The monoisotopic (exact) mass is 316 g/mol. The first-order chi connectivity index (χ1) is 10.9. The average Bonchev–Trinajstić information content (AvgIpc) is 2.55. The topological polar surface area (TPSA) is 93.1 Å². The number of carboxylic acid groups (broad SMARTS) is 1. The third kappa shape index (κ3) is 2.83. The number of rotatable bonds is 5. The highest BCUT2D eigenvalue weighted by molar-refractivity contribution is 6.17. The van der Waals surface area contributed by atoms with E-state index in [0.717, 1.165) is 0 Å². The molecule has 0 aromatic heterocycles. The van der Waals surface area contributed by atoms with Crippen molar-refractivity contribution in [3.63, 3.8) is 0 Å². The van der Waals surface area contributed by atoms with Gasteiger partial charge in [-0.1, -0.05) is 12.1 Å². The molecule has 0 aliphatic carbocycles. The molecule has 2 aromatic rings. The fraction of sp³-hybridized carbons (Fsp3) is 0.176. The largest absolute Gasteiger partial charge is 0.507 e. The van der Waals surface area contributed by atoms with Gasteiger partial charge in [0.1, 0.15) is 5.75 Å². The van der Waals surface area contributed by atoms with Gasteiger partial charge in [0, 0.05) is 0 Å². The fourth-order valence-electron chi connectivity index (χ4n) is 2.31. The van der Waals surface area contributed by atoms with Crippen LogP contribution in [0.1, 0.15) is 31.8 Å². The number of carboxylic acids is 1. The average molecular weight is 316 g/mol. The smallest absolute Gasteiger partial charge is 0.336 e. The van der Waals surface area contributed by atoms with Crippen LogP contribution in [-0.2, 0) is 0 Å². The van der Waals surface area contributed by atoms with Crippen molar-refractivity contribution >= 4 is 11.8 Å². The fourth-order valence-corrected chi connectivity index (χ4v) is 2.31. The summed E-state index contributed by atoms with van der Waals surface area (Å²) in [6, 6.07) is 7.36. The van der Waals surface area contributed by atoms with Gasteiger partial charge in [-0.3, -0.25) is 4.79 Å². The quantitative estimate of drug-likeness (QED) is 0.824. The van der Waals surface area contributed by atoms with Crippen LogP contribution in [0, 0.1) is 6.92 Å². The Labute approximate surface area is 132 Å². The summed E-state index contributed by atoms with van der Waals surface area (Å²) in [5.41, 5.74) is 0.113. The molecule has 0 heterocycles. The second-order valence-corrected chi connectivity index (χ2v) is 4.83. The van der Waals surface area contributed by atoms with Crippen LogP contribution in [0.4, 0.5) is 0 Å². The number of aromatic carboxylic acids is 1. The number of phenols is 1. The zero-order valence-corrected chi connectivity index (χ0v) is 12.9. The van der Waals surface area contributed by atoms with E-state index in [2.05, 4.69) is 0 Å². The zero-order valence-electron chi connectivity index (χ0n) is 12.9. The molecule has 23 heavy (non-hydrogen) atoms. The van der Waals surface area contributed by atoms with E-state index in [1.165, 1.54) is 32.4 Å². The Balaban J connectivity index is 2.76. The minimum atomic E-state index is -1.28. The summed E-state index contributed by atoms with van der Waals surface area (Å²) < 4.78 is 10.3. The molecule has 2 rings (SSSR count). The van der Waals surface area contributed by atoms with E-state index in [-0.39, 0.29) is 33.9 Å². The summed E-state index contributed by atoms with van der Waals surface area (Å²) in [4.78, 5) is 24.3. The van der Waals surface area contributed by atoms with Gasteiger partial charge in [-0.15, -0.1) is 0 Å². The molecule has 0 aliphatic heterocycles. The van der Waals surface area contributed by atoms with Crippen LogP contribution >= 0.6 is 0 Å². The number of hydrogen-bond donors (Lipinski definition) is 2. The van der Waals surface area contributed by atoms with E-state index in [9.17, 15) is 19.8 Å². The molecule has 120 valence electrons. The molecule has 0 fully saturated rings. The van der Waals surface area contributed by atoms with Gasteiger partial charge < -0.3 is 19.7 Å². The van der Waals surface area contributed by atoms with E-state index in [4.69, 9.17) is 9.47 Å². The molecule has 2 N–H and O–H groups in total. The number of phenolic OH excluding ortho intramolecular Hbond substituents is 1. The zero-order chi connectivity index (χ0) is 17.1. The molecule has 0 amide bonds. The van der Waals surface area contributed by atoms with Crippen molar-refractivity contribution < 1.29 is 29.3 Å². The van der Waals surface area contributed by atoms with Gasteiger partial charge in [0.15, 0.2) is 11.5 Å². The Kier molecular flexibility index (Phi) is 4.55. The van der Waals surface area contributed by atoms with Gasteiger partial charge in [-0.05, 0) is 30.7 Å². The predicted octanol–water partition coefficient (Wildman–Crippen LogP) is 2.65. The normalized spacial score (nSPS) is 10.2. The Hall–Kier alpha value is -3.02. The molecule has 2 aromatic carbocycles. The van der Waals surface area contributed by atoms with Gasteiger partial charge in [0.05, 0.1) is 30.9 Å². The molecule has 0 unspecified atom stereocenters. The number of hydrogen-bond acceptors (Lipinski definition) is 5. The van der Waals surface area contributed by atoms with Crippen LogP contribution in [0.2, 0.25) is 0 Å². The van der Waals surface area contributed by atoms with Gasteiger partial charge in [-0.25, -0.2) is 4.79 Å². The Morgan fingerprint density at radius 3 is 2.26 bits per heavy atom. The van der Waals surface area contributed by atoms with E-state index in [1.807, 2.05) is 0 Å². The Morgan fingerprint density at radius 1 is 1.00 bits per heavy atom. The van der Waals surface area contributed by atoms with E-state index >= 15 is 0 Å². The lowest BCUT2D eigenvalue weighted by Gasteiger charge is -2.15. The maximum atomic E-state index is 12.8. The molecule has 0 bridgehead atoms. The maximum absolute atomic E-state index is 12.8. The second kappa shape index (κ2) is 6.39. The van der Waals surface area contributed by atoms with Crippen LogP contribution in [-0.4, -0.2) is 36.2 Å². The number of benzene rings is 2. The summed E-state index contributed by atoms with van der Waals surface area (Å²) >= 11 is 0. The standard InChI is InChI=1S/C17H16O6/c1-9-5-4-6-11(14(9)18)15(19)13-10(17(20)21)7-8-12(22-2)16(13)23-3/h4-8,18H,1-3H3,(H,20,21). The number of carbonyl (C=O) groups is 2. The second-order valence-electron chi connectivity index (χ2n) is 4.83. The van der Waals surface area contributed by atoms with Crippen LogP contribution in [0.5, 0.6) is 17.2 Å². The van der Waals surface area contributed by atoms with Crippen molar-refractivity contribution in [2.24, 2.45) is 0 Å². The first kappa shape index (κ1) is 16.4. The number of aromatic hydroxyl groups is 1. The van der Waals surface area contributed by atoms with Crippen LogP contribution in [0.25, 0.3) is 0 Å². The number of carbonyl (C=O) groups excluding carboxylic acids is 1. The minimum Gasteiger partial charge on any atom is -0.507 e. The number of aryl methyl sites for hydroxylation is 1. The molecule has 0 aliphatic rings. The van der Waals surface area contributed by atoms with Crippen molar-refractivity contribution in [1.29, 1.82) is 0 Å². The first-order valence-corrected chi connectivity index (χ1v) is 6.73. The lowest BCUT2D eigenvalue weighted by atomic mass is 9.95. The summed E-state index contributed by atoms with van der Waals surface area (Å²) in [7, 11) is 2.70. The van der Waals surface area contributed by atoms with Crippen molar-refractivity contribution in [3.05, 3.63) is 52.6 Å². The van der Waals surface area contributed by atoms with Gasteiger partial charge in [0.25, 0.3) is 0 Å². The summed E-state index contributed by atoms with van der Waals surface area (Å²) in [5.74, 6) is -1.88. The lowest BCUT2D eigenvalue weighted by Crippen LogP contribution is -2.13.